The highest BCUT2D eigenvalue weighted by Crippen LogP contribution is 1.65. The van der Waals surface area contributed by atoms with Crippen LogP contribution in [0.5, 0.6) is 0 Å². The summed E-state index contributed by atoms with van der Waals surface area (Å²) in [5.74, 6) is -0.211. The van der Waals surface area contributed by atoms with Gasteiger partial charge < -0.3 is 16.6 Å². The molecule has 0 aromatic carbocycles. The molecule has 0 aliphatic heterocycles. The van der Waals surface area contributed by atoms with Gasteiger partial charge in [0.25, 0.3) is 0 Å². The van der Waals surface area contributed by atoms with Crippen molar-refractivity contribution >= 4 is 0 Å². The van der Waals surface area contributed by atoms with E-state index in [9.17, 15) is 0 Å². The SMILES string of the molecule is NCC=C(N)O. The van der Waals surface area contributed by atoms with Crippen molar-refractivity contribution in [2.45, 2.75) is 0 Å². The van der Waals surface area contributed by atoms with Crippen molar-refractivity contribution in [3.8, 4) is 0 Å². The Hall–Kier alpha value is -0.700. The summed E-state index contributed by atoms with van der Waals surface area (Å²) in [7, 11) is 0. The first-order valence-corrected chi connectivity index (χ1v) is 1.62. The van der Waals surface area contributed by atoms with Crippen LogP contribution in [0.15, 0.2) is 12.0 Å². The minimum atomic E-state index is -0.211. The third kappa shape index (κ3) is 3.30. The van der Waals surface area contributed by atoms with Crippen molar-refractivity contribution in [3.63, 3.8) is 0 Å². The van der Waals surface area contributed by atoms with Crippen molar-refractivity contribution in [2.24, 2.45) is 11.5 Å². The molecule has 5 N–H and O–H groups in total. The summed E-state index contributed by atoms with van der Waals surface area (Å²) in [5, 5.41) is 8.11. The van der Waals surface area contributed by atoms with E-state index in [1.165, 1.54) is 6.08 Å². The maximum atomic E-state index is 8.11. The van der Waals surface area contributed by atoms with E-state index in [2.05, 4.69) is 0 Å². The van der Waals surface area contributed by atoms with Gasteiger partial charge in [0.15, 0.2) is 5.88 Å². The smallest absolute Gasteiger partial charge is 0.178 e. The van der Waals surface area contributed by atoms with Crippen LogP contribution in [0.25, 0.3) is 0 Å². The van der Waals surface area contributed by atoms with Crippen LogP contribution in [0.4, 0.5) is 0 Å². The van der Waals surface area contributed by atoms with Crippen molar-refractivity contribution in [2.75, 3.05) is 6.54 Å². The zero-order chi connectivity index (χ0) is 4.99. The quantitative estimate of drug-likeness (QED) is 0.371. The molecule has 36 valence electrons. The predicted octanol–water partition coefficient (Wildman–Crippen LogP) is -0.697. The fourth-order valence-electron chi connectivity index (χ4n) is 0.121. The zero-order valence-corrected chi connectivity index (χ0v) is 3.39. The van der Waals surface area contributed by atoms with Crippen LogP contribution in [0.1, 0.15) is 0 Å². The molecule has 0 aromatic rings. The molecule has 3 nitrogen and oxygen atoms in total. The lowest BCUT2D eigenvalue weighted by atomic mass is 10.6. The molecule has 3 heteroatoms. The topological polar surface area (TPSA) is 72.3 Å². The average molecular weight is 88.1 g/mol. The van der Waals surface area contributed by atoms with Gasteiger partial charge in [0.2, 0.25) is 0 Å². The minimum absolute atomic E-state index is 0.211. The summed E-state index contributed by atoms with van der Waals surface area (Å²) in [5.41, 5.74) is 9.65. The molecule has 6 heavy (non-hydrogen) atoms. The summed E-state index contributed by atoms with van der Waals surface area (Å²) in [6.07, 6.45) is 1.32. The van der Waals surface area contributed by atoms with Gasteiger partial charge in [0.1, 0.15) is 0 Å². The fraction of sp³-hybridized carbons (Fsp3) is 0.333. The second-order valence-corrected chi connectivity index (χ2v) is 0.865. The van der Waals surface area contributed by atoms with Crippen molar-refractivity contribution < 1.29 is 5.11 Å². The van der Waals surface area contributed by atoms with E-state index in [1.54, 1.807) is 0 Å². The second kappa shape index (κ2) is 2.53. The third-order valence-corrected chi connectivity index (χ3v) is 0.327. The largest absolute Gasteiger partial charge is 0.495 e. The van der Waals surface area contributed by atoms with Crippen LogP contribution in [0, 0.1) is 0 Å². The molecule has 0 spiro atoms. The summed E-state index contributed by atoms with van der Waals surface area (Å²) >= 11 is 0. The molecule has 0 bridgehead atoms. The number of nitrogens with two attached hydrogens (primary N) is 2. The Balaban J connectivity index is 3.14. The van der Waals surface area contributed by atoms with Gasteiger partial charge in [0, 0.05) is 6.54 Å². The summed E-state index contributed by atoms with van der Waals surface area (Å²) in [4.78, 5) is 0. The first-order chi connectivity index (χ1) is 2.77. The Bertz CT molecular complexity index is 55.8. The van der Waals surface area contributed by atoms with Crippen LogP contribution < -0.4 is 11.5 Å². The van der Waals surface area contributed by atoms with E-state index >= 15 is 0 Å². The van der Waals surface area contributed by atoms with Crippen molar-refractivity contribution in [1.29, 1.82) is 0 Å². The van der Waals surface area contributed by atoms with Crippen LogP contribution in [-0.4, -0.2) is 11.7 Å². The third-order valence-electron chi connectivity index (χ3n) is 0.327. The molecule has 0 unspecified atom stereocenters. The number of aliphatic hydroxyl groups is 1. The van der Waals surface area contributed by atoms with Gasteiger partial charge in [-0.3, -0.25) is 0 Å². The van der Waals surface area contributed by atoms with Crippen molar-refractivity contribution in [1.82, 2.24) is 0 Å². The molecular formula is C3H8N2O. The standard InChI is InChI=1S/C3H8N2O/c4-2-1-3(5)6/h1,6H,2,4-5H2. The maximum Gasteiger partial charge on any atom is 0.178 e. The van der Waals surface area contributed by atoms with E-state index in [4.69, 9.17) is 16.6 Å². The Kier molecular flexibility index (Phi) is 2.24. The van der Waals surface area contributed by atoms with Crippen LogP contribution in [0.2, 0.25) is 0 Å². The van der Waals surface area contributed by atoms with E-state index in [1.807, 2.05) is 0 Å². The molecule has 0 aromatic heterocycles. The molecule has 0 saturated carbocycles. The Morgan fingerprint density at radius 1 is 1.83 bits per heavy atom. The first-order valence-electron chi connectivity index (χ1n) is 1.62. The van der Waals surface area contributed by atoms with E-state index in [0.29, 0.717) is 6.54 Å². The zero-order valence-electron chi connectivity index (χ0n) is 3.39. The molecule has 0 amide bonds. The van der Waals surface area contributed by atoms with Crippen LogP contribution >= 0.6 is 0 Å². The van der Waals surface area contributed by atoms with Crippen molar-refractivity contribution in [3.05, 3.63) is 12.0 Å². The Morgan fingerprint density at radius 3 is 2.33 bits per heavy atom. The molecule has 0 heterocycles. The summed E-state index contributed by atoms with van der Waals surface area (Å²) < 4.78 is 0. The summed E-state index contributed by atoms with van der Waals surface area (Å²) in [6.45, 7) is 0.294. The molecule has 0 radical (unpaired) electrons. The Morgan fingerprint density at radius 2 is 2.33 bits per heavy atom. The van der Waals surface area contributed by atoms with Gasteiger partial charge in [0.05, 0.1) is 0 Å². The van der Waals surface area contributed by atoms with Gasteiger partial charge >= 0.3 is 0 Å². The number of hydrogen-bond donors (Lipinski definition) is 3. The fourth-order valence-corrected chi connectivity index (χ4v) is 0.121. The second-order valence-electron chi connectivity index (χ2n) is 0.865. The van der Waals surface area contributed by atoms with Gasteiger partial charge in [-0.25, -0.2) is 0 Å². The number of rotatable bonds is 1. The monoisotopic (exact) mass is 88.1 g/mol. The molecule has 0 fully saturated rings. The molecule has 0 atom stereocenters. The van der Waals surface area contributed by atoms with Gasteiger partial charge in [-0.2, -0.15) is 0 Å². The molecular weight excluding hydrogens is 80.0 g/mol. The van der Waals surface area contributed by atoms with E-state index in [-0.39, 0.29) is 5.88 Å². The lowest BCUT2D eigenvalue weighted by Gasteiger charge is -1.81. The minimum Gasteiger partial charge on any atom is -0.495 e. The van der Waals surface area contributed by atoms with Crippen LogP contribution in [0.3, 0.4) is 0 Å². The van der Waals surface area contributed by atoms with Crippen LogP contribution in [-0.2, 0) is 0 Å². The van der Waals surface area contributed by atoms with Gasteiger partial charge in [-0.05, 0) is 6.08 Å². The van der Waals surface area contributed by atoms with Gasteiger partial charge in [-0.1, -0.05) is 0 Å². The van der Waals surface area contributed by atoms with Gasteiger partial charge in [-0.15, -0.1) is 0 Å². The maximum absolute atomic E-state index is 8.11. The molecule has 0 rings (SSSR count). The van der Waals surface area contributed by atoms with E-state index < -0.39 is 0 Å². The highest BCUT2D eigenvalue weighted by Gasteiger charge is 1.70. The van der Waals surface area contributed by atoms with E-state index in [0.717, 1.165) is 0 Å². The average Bonchev–Trinajstić information content (AvgIpc) is 1.35. The highest BCUT2D eigenvalue weighted by molar-refractivity contribution is 4.84. The molecule has 0 saturated heterocycles. The first kappa shape index (κ1) is 5.30. The predicted molar refractivity (Wildman–Crippen MR) is 24.0 cm³/mol. The molecule has 0 aliphatic carbocycles. The Labute approximate surface area is 36.3 Å². The lowest BCUT2D eigenvalue weighted by molar-refractivity contribution is 0.404. The summed E-state index contributed by atoms with van der Waals surface area (Å²) in [6, 6.07) is 0. The lowest BCUT2D eigenvalue weighted by Crippen LogP contribution is -2.00. The number of aliphatic hydroxyl groups excluding tert-OH is 1. The number of hydrogen-bond acceptors (Lipinski definition) is 3. The molecule has 0 aliphatic rings. The highest BCUT2D eigenvalue weighted by atomic mass is 16.3. The normalized spacial score (nSPS) is 11.8.